The molecule has 0 aliphatic rings. The van der Waals surface area contributed by atoms with Gasteiger partial charge in [0, 0.05) is 27.2 Å². The summed E-state index contributed by atoms with van der Waals surface area (Å²) in [6.07, 6.45) is 0. The monoisotopic (exact) mass is 823 g/mol. The molecule has 0 unspecified atom stereocenters. The van der Waals surface area contributed by atoms with Crippen LogP contribution in [0, 0.1) is 17.5 Å². The second-order valence-electron chi connectivity index (χ2n) is 15.6. The molecule has 11 rings (SSSR count). The molecule has 0 fully saturated rings. The lowest BCUT2D eigenvalue weighted by Crippen LogP contribution is -2.74. The first kappa shape index (κ1) is 37.3. The first-order chi connectivity index (χ1) is 30.5. The standard InChI is InChI=1S/C56H36F3NOSi/c57-39-18-26-43(27-19-39)62(44-28-20-40(58)21-29-44,45-30-22-41(59)23-31-45)46-32-24-42(25-33-46)60(53-36-35-47(37-9-2-1-3-10-37)49-13-6-7-14-50(49)53)54-16-8-15-51-52-34-17-38-11-4-5-12-48(38)55(52)61-56(51)54/h1-36H. The molecule has 11 aromatic rings. The molecule has 1 aromatic heterocycles. The van der Waals surface area contributed by atoms with E-state index in [-0.39, 0.29) is 17.5 Å². The first-order valence-corrected chi connectivity index (χ1v) is 22.6. The third-order valence-electron chi connectivity index (χ3n) is 12.2. The summed E-state index contributed by atoms with van der Waals surface area (Å²) in [6.45, 7) is 0. The normalized spacial score (nSPS) is 11.8. The number of hydrogen-bond acceptors (Lipinski definition) is 2. The fourth-order valence-electron chi connectivity index (χ4n) is 9.40. The Labute approximate surface area is 357 Å². The first-order valence-electron chi connectivity index (χ1n) is 20.6. The van der Waals surface area contributed by atoms with Crippen molar-refractivity contribution in [3.63, 3.8) is 0 Å². The molecule has 0 saturated heterocycles. The summed E-state index contributed by atoms with van der Waals surface area (Å²) in [5, 5.41) is 9.95. The predicted molar refractivity (Wildman–Crippen MR) is 252 cm³/mol. The van der Waals surface area contributed by atoms with Gasteiger partial charge in [-0.25, -0.2) is 13.2 Å². The highest BCUT2D eigenvalue weighted by molar-refractivity contribution is 7.19. The lowest BCUT2D eigenvalue weighted by atomic mass is 9.96. The van der Waals surface area contributed by atoms with Gasteiger partial charge >= 0.3 is 0 Å². The van der Waals surface area contributed by atoms with E-state index in [0.717, 1.165) is 92.4 Å². The van der Waals surface area contributed by atoms with E-state index in [9.17, 15) is 13.2 Å². The molecule has 62 heavy (non-hydrogen) atoms. The van der Waals surface area contributed by atoms with Gasteiger partial charge in [0.2, 0.25) is 0 Å². The van der Waals surface area contributed by atoms with E-state index < -0.39 is 8.07 Å². The number of hydrogen-bond donors (Lipinski definition) is 0. The Bertz CT molecular complexity index is 3310. The second kappa shape index (κ2) is 15.1. The van der Waals surface area contributed by atoms with Gasteiger partial charge in [-0.05, 0) is 109 Å². The molecule has 1 heterocycles. The van der Waals surface area contributed by atoms with E-state index >= 15 is 0 Å². The van der Waals surface area contributed by atoms with Gasteiger partial charge in [0.1, 0.15) is 23.0 Å². The number of benzene rings is 10. The van der Waals surface area contributed by atoms with Crippen molar-refractivity contribution >= 4 is 89.4 Å². The fourth-order valence-corrected chi connectivity index (χ4v) is 14.1. The van der Waals surface area contributed by atoms with Crippen LogP contribution in [0.5, 0.6) is 0 Å². The Morgan fingerprint density at radius 1 is 0.339 bits per heavy atom. The molecule has 10 aromatic carbocycles. The van der Waals surface area contributed by atoms with Crippen LogP contribution in [0.25, 0.3) is 54.6 Å². The number of para-hydroxylation sites is 1. The average molecular weight is 824 g/mol. The number of halogens is 3. The van der Waals surface area contributed by atoms with E-state index in [1.807, 2.05) is 18.2 Å². The highest BCUT2D eigenvalue weighted by atomic mass is 28.3. The van der Waals surface area contributed by atoms with Crippen LogP contribution >= 0.6 is 0 Å². The zero-order chi connectivity index (χ0) is 41.8. The number of fused-ring (bicyclic) bond motifs is 6. The predicted octanol–water partition coefficient (Wildman–Crippen LogP) is 12.8. The van der Waals surface area contributed by atoms with Crippen LogP contribution < -0.4 is 25.6 Å². The van der Waals surface area contributed by atoms with Gasteiger partial charge in [0.15, 0.2) is 13.7 Å². The summed E-state index contributed by atoms with van der Waals surface area (Å²) in [5.74, 6) is -1.09. The molecule has 0 aliphatic heterocycles. The van der Waals surface area contributed by atoms with Crippen LogP contribution in [-0.2, 0) is 0 Å². The van der Waals surface area contributed by atoms with Gasteiger partial charge in [-0.15, -0.1) is 0 Å². The molecule has 0 atom stereocenters. The molecular weight excluding hydrogens is 788 g/mol. The molecule has 0 spiro atoms. The second-order valence-corrected chi connectivity index (χ2v) is 19.4. The fraction of sp³-hybridized carbons (Fsp3) is 0. The maximum Gasteiger partial charge on any atom is 0.179 e. The van der Waals surface area contributed by atoms with Crippen molar-refractivity contribution in [3.8, 4) is 11.1 Å². The van der Waals surface area contributed by atoms with Crippen LogP contribution in [0.1, 0.15) is 0 Å². The molecule has 2 nitrogen and oxygen atoms in total. The zero-order valence-corrected chi connectivity index (χ0v) is 34.3. The van der Waals surface area contributed by atoms with E-state index in [1.165, 1.54) is 36.4 Å². The highest BCUT2D eigenvalue weighted by Crippen LogP contribution is 2.46. The van der Waals surface area contributed by atoms with Gasteiger partial charge in [0.05, 0.1) is 11.4 Å². The quantitative estimate of drug-likeness (QED) is 0.112. The van der Waals surface area contributed by atoms with Crippen LogP contribution in [0.4, 0.5) is 30.2 Å². The summed E-state index contributed by atoms with van der Waals surface area (Å²) < 4.78 is 50.9. The van der Waals surface area contributed by atoms with Crippen LogP contribution in [0.2, 0.25) is 0 Å². The minimum atomic E-state index is -3.30. The summed E-state index contributed by atoms with van der Waals surface area (Å²) in [5.41, 5.74) is 6.55. The van der Waals surface area contributed by atoms with E-state index in [1.54, 1.807) is 36.4 Å². The summed E-state index contributed by atoms with van der Waals surface area (Å²) >= 11 is 0. The summed E-state index contributed by atoms with van der Waals surface area (Å²) in [4.78, 5) is 2.27. The number of furan rings is 1. The Morgan fingerprint density at radius 3 is 1.45 bits per heavy atom. The van der Waals surface area contributed by atoms with Gasteiger partial charge in [-0.2, -0.15) is 0 Å². The Hall–Kier alpha value is -7.67. The molecule has 6 heteroatoms. The average Bonchev–Trinajstić information content (AvgIpc) is 3.72. The van der Waals surface area contributed by atoms with E-state index in [0.29, 0.717) is 0 Å². The molecule has 0 amide bonds. The molecule has 0 N–H and O–H groups in total. The largest absolute Gasteiger partial charge is 0.453 e. The van der Waals surface area contributed by atoms with Crippen molar-refractivity contribution in [3.05, 3.63) is 236 Å². The maximum absolute atomic E-state index is 14.6. The third-order valence-corrected chi connectivity index (χ3v) is 17.0. The molecule has 0 radical (unpaired) electrons. The Kier molecular flexibility index (Phi) is 9.09. The van der Waals surface area contributed by atoms with Crippen molar-refractivity contribution in [2.45, 2.75) is 0 Å². The van der Waals surface area contributed by atoms with Crippen molar-refractivity contribution < 1.29 is 17.6 Å². The van der Waals surface area contributed by atoms with Gasteiger partial charge in [-0.3, -0.25) is 0 Å². The van der Waals surface area contributed by atoms with Crippen LogP contribution in [0.15, 0.2) is 223 Å². The smallest absolute Gasteiger partial charge is 0.179 e. The number of nitrogens with zero attached hydrogens (tertiary/aromatic N) is 1. The van der Waals surface area contributed by atoms with Crippen molar-refractivity contribution in [1.29, 1.82) is 0 Å². The summed E-state index contributed by atoms with van der Waals surface area (Å²) in [7, 11) is -3.30. The van der Waals surface area contributed by atoms with Gasteiger partial charge in [0.25, 0.3) is 0 Å². The lowest BCUT2D eigenvalue weighted by Gasteiger charge is -2.35. The molecule has 0 bridgehead atoms. The molecule has 0 saturated carbocycles. The maximum atomic E-state index is 14.6. The van der Waals surface area contributed by atoms with Crippen molar-refractivity contribution in [2.24, 2.45) is 0 Å². The zero-order valence-electron chi connectivity index (χ0n) is 33.3. The van der Waals surface area contributed by atoms with E-state index in [2.05, 4.69) is 132 Å². The Balaban J connectivity index is 1.18. The third kappa shape index (κ3) is 6.10. The van der Waals surface area contributed by atoms with Gasteiger partial charge < -0.3 is 9.32 Å². The molecule has 296 valence electrons. The number of rotatable bonds is 8. The highest BCUT2D eigenvalue weighted by Gasteiger charge is 2.42. The minimum absolute atomic E-state index is 0.362. The Morgan fingerprint density at radius 2 is 0.839 bits per heavy atom. The summed E-state index contributed by atoms with van der Waals surface area (Å²) in [6, 6.07) is 70.2. The molecular formula is C56H36F3NOSi. The number of anilines is 3. The van der Waals surface area contributed by atoms with Gasteiger partial charge in [-0.1, -0.05) is 152 Å². The lowest BCUT2D eigenvalue weighted by molar-refractivity contribution is 0.628. The SMILES string of the molecule is Fc1ccc([Si](c2ccc(F)cc2)(c2ccc(F)cc2)c2ccc(N(c3ccc(-c4ccccc4)c4ccccc34)c3cccc4c3oc3c5ccccc5ccc43)cc2)cc1. The van der Waals surface area contributed by atoms with Crippen molar-refractivity contribution in [2.75, 3.05) is 4.90 Å². The van der Waals surface area contributed by atoms with Crippen LogP contribution in [-0.4, -0.2) is 8.07 Å². The van der Waals surface area contributed by atoms with Crippen molar-refractivity contribution in [1.82, 2.24) is 0 Å². The van der Waals surface area contributed by atoms with Crippen LogP contribution in [0.3, 0.4) is 0 Å². The topological polar surface area (TPSA) is 16.4 Å². The van der Waals surface area contributed by atoms with E-state index in [4.69, 9.17) is 4.42 Å². The minimum Gasteiger partial charge on any atom is -0.453 e. The molecule has 0 aliphatic carbocycles.